The van der Waals surface area contributed by atoms with Crippen LogP contribution in [-0.4, -0.2) is 58.6 Å². The molecule has 0 heterocycles. The largest absolute Gasteiger partial charge is 0.425 e. The molecule has 0 saturated heterocycles. The second-order valence-corrected chi connectivity index (χ2v) is 11.5. The minimum absolute atomic E-state index is 0.0105. The number of urea groups is 1. The fourth-order valence-electron chi connectivity index (χ4n) is 6.78. The summed E-state index contributed by atoms with van der Waals surface area (Å²) in [5.74, 6) is 0.799. The minimum atomic E-state index is -1.02. The Hall–Kier alpha value is -2.72. The van der Waals surface area contributed by atoms with Crippen molar-refractivity contribution in [3.63, 3.8) is 0 Å². The molecule has 0 aromatic heterocycles. The van der Waals surface area contributed by atoms with Crippen molar-refractivity contribution < 1.29 is 24.2 Å². The van der Waals surface area contributed by atoms with Crippen LogP contribution in [0.5, 0.6) is 5.75 Å². The third-order valence-corrected chi connectivity index (χ3v) is 9.11. The fourth-order valence-corrected chi connectivity index (χ4v) is 6.94. The highest BCUT2D eigenvalue weighted by molar-refractivity contribution is 6.18. The Morgan fingerprint density at radius 3 is 2.66 bits per heavy atom. The molecule has 7 atom stereocenters. The number of aliphatic hydroxyl groups excluding tert-OH is 1. The Balaban J connectivity index is 1.33. The first-order chi connectivity index (χ1) is 18.1. The van der Waals surface area contributed by atoms with Crippen molar-refractivity contribution in [3.8, 4) is 5.75 Å². The Morgan fingerprint density at radius 2 is 1.95 bits per heavy atom. The Kier molecular flexibility index (Phi) is 8.62. The van der Waals surface area contributed by atoms with Crippen molar-refractivity contribution in [3.05, 3.63) is 34.2 Å². The van der Waals surface area contributed by atoms with Crippen LogP contribution in [0.3, 0.4) is 0 Å². The summed E-state index contributed by atoms with van der Waals surface area (Å²) in [6.45, 7) is 5.08. The molecule has 0 radical (unpaired) electrons. The number of esters is 1. The van der Waals surface area contributed by atoms with E-state index in [1.54, 1.807) is 0 Å². The van der Waals surface area contributed by atoms with Crippen LogP contribution in [0.2, 0.25) is 0 Å². The van der Waals surface area contributed by atoms with Gasteiger partial charge in [-0.05, 0) is 98.8 Å². The first-order valence-corrected chi connectivity index (χ1v) is 13.9. The van der Waals surface area contributed by atoms with Gasteiger partial charge in [-0.2, -0.15) is 5.01 Å². The van der Waals surface area contributed by atoms with Gasteiger partial charge in [0.25, 0.3) is 0 Å². The molecule has 1 aromatic carbocycles. The molecule has 3 aliphatic carbocycles. The van der Waals surface area contributed by atoms with Crippen molar-refractivity contribution >= 4 is 29.5 Å². The number of benzene rings is 1. The highest BCUT2D eigenvalue weighted by atomic mass is 35.5. The van der Waals surface area contributed by atoms with E-state index in [0.717, 1.165) is 38.5 Å². The maximum absolute atomic E-state index is 12.7. The van der Waals surface area contributed by atoms with Crippen LogP contribution in [0.1, 0.15) is 69.9 Å². The number of nitrogens with one attached hydrogen (secondary N) is 2. The number of hydrogen-bond acceptors (Lipinski definition) is 7. The van der Waals surface area contributed by atoms with Crippen LogP contribution in [0.25, 0.3) is 0 Å². The van der Waals surface area contributed by atoms with Gasteiger partial charge >= 0.3 is 12.0 Å². The van der Waals surface area contributed by atoms with Gasteiger partial charge in [-0.15, -0.1) is 16.5 Å². The molecule has 4 rings (SSSR count). The number of nitroso groups, excluding NO2 is 1. The Bertz CT molecular complexity index is 1090. The van der Waals surface area contributed by atoms with Gasteiger partial charge in [0.2, 0.25) is 5.91 Å². The molecule has 0 bridgehead atoms. The van der Waals surface area contributed by atoms with Gasteiger partial charge < -0.3 is 20.5 Å². The van der Waals surface area contributed by atoms with Gasteiger partial charge in [-0.25, -0.2) is 9.59 Å². The number of alkyl halides is 1. The number of ether oxygens (including phenoxy) is 1. The summed E-state index contributed by atoms with van der Waals surface area (Å²) in [5.41, 5.74) is 2.55. The van der Waals surface area contributed by atoms with Gasteiger partial charge in [0.15, 0.2) is 0 Å². The molecule has 1 aromatic rings. The van der Waals surface area contributed by atoms with Crippen molar-refractivity contribution in [2.24, 2.45) is 22.5 Å². The lowest BCUT2D eigenvalue weighted by atomic mass is 9.55. The number of carbonyl (C=O) groups is 3. The van der Waals surface area contributed by atoms with Gasteiger partial charge in [-0.1, -0.05) is 13.0 Å². The minimum Gasteiger partial charge on any atom is -0.425 e. The van der Waals surface area contributed by atoms with Crippen molar-refractivity contribution in [2.45, 2.75) is 83.4 Å². The van der Waals surface area contributed by atoms with E-state index < -0.39 is 30.0 Å². The highest BCUT2D eigenvalue weighted by Crippen LogP contribution is 2.60. The molecule has 10 nitrogen and oxygen atoms in total. The van der Waals surface area contributed by atoms with Crippen LogP contribution < -0.4 is 15.4 Å². The average molecular weight is 549 g/mol. The summed E-state index contributed by atoms with van der Waals surface area (Å²) in [5, 5.41) is 18.6. The molecular formula is C27H37ClN4O6. The zero-order chi connectivity index (χ0) is 27.6. The summed E-state index contributed by atoms with van der Waals surface area (Å²) < 4.78 is 5.57. The number of fused-ring (bicyclic) bond motifs is 5. The van der Waals surface area contributed by atoms with Crippen LogP contribution in [-0.2, 0) is 16.0 Å². The van der Waals surface area contributed by atoms with Gasteiger partial charge in [0.1, 0.15) is 17.8 Å². The number of halogens is 1. The van der Waals surface area contributed by atoms with E-state index in [4.69, 9.17) is 16.3 Å². The van der Waals surface area contributed by atoms with E-state index in [1.807, 2.05) is 12.1 Å². The molecule has 0 spiro atoms. The quantitative estimate of drug-likeness (QED) is 0.149. The van der Waals surface area contributed by atoms with Crippen LogP contribution in [0.15, 0.2) is 23.5 Å². The monoisotopic (exact) mass is 548 g/mol. The Morgan fingerprint density at radius 1 is 1.18 bits per heavy atom. The van der Waals surface area contributed by atoms with E-state index in [0.29, 0.717) is 28.5 Å². The van der Waals surface area contributed by atoms with Gasteiger partial charge in [0, 0.05) is 5.88 Å². The second-order valence-electron chi connectivity index (χ2n) is 11.1. The molecule has 3 aliphatic rings. The number of hydrogen-bond donors (Lipinski definition) is 3. The first-order valence-electron chi connectivity index (χ1n) is 13.4. The Labute approximate surface area is 227 Å². The number of amides is 3. The predicted octanol–water partition coefficient (Wildman–Crippen LogP) is 3.63. The lowest BCUT2D eigenvalue weighted by molar-refractivity contribution is -0.139. The summed E-state index contributed by atoms with van der Waals surface area (Å²) in [6.07, 6.45) is 5.86. The number of nitrogens with zero attached hydrogens (tertiary/aromatic N) is 2. The van der Waals surface area contributed by atoms with Gasteiger partial charge in [0.05, 0.1) is 17.9 Å². The summed E-state index contributed by atoms with van der Waals surface area (Å²) in [7, 11) is 0. The van der Waals surface area contributed by atoms with E-state index in [-0.39, 0.29) is 23.9 Å². The van der Waals surface area contributed by atoms with E-state index in [2.05, 4.69) is 28.9 Å². The van der Waals surface area contributed by atoms with Crippen LogP contribution in [0.4, 0.5) is 4.79 Å². The molecule has 2 saturated carbocycles. The van der Waals surface area contributed by atoms with Gasteiger partial charge in [-0.3, -0.25) is 4.79 Å². The summed E-state index contributed by atoms with van der Waals surface area (Å²) >= 11 is 5.53. The van der Waals surface area contributed by atoms with E-state index in [1.165, 1.54) is 25.0 Å². The molecular weight excluding hydrogens is 512 g/mol. The second kappa shape index (κ2) is 11.6. The molecule has 38 heavy (non-hydrogen) atoms. The lowest BCUT2D eigenvalue weighted by Crippen LogP contribution is -2.52. The molecule has 0 aliphatic heterocycles. The third-order valence-electron chi connectivity index (χ3n) is 8.94. The zero-order valence-electron chi connectivity index (χ0n) is 22.1. The smallest absolute Gasteiger partial charge is 0.341 e. The maximum atomic E-state index is 12.7. The molecule has 11 heteroatoms. The predicted molar refractivity (Wildman–Crippen MR) is 142 cm³/mol. The normalized spacial score (nSPS) is 29.1. The van der Waals surface area contributed by atoms with E-state index >= 15 is 0 Å². The summed E-state index contributed by atoms with van der Waals surface area (Å²) in [6, 6.07) is 2.96. The maximum Gasteiger partial charge on any atom is 0.341 e. The number of carbonyl (C=O) groups excluding carboxylic acids is 3. The zero-order valence-corrected chi connectivity index (χ0v) is 22.9. The topological polar surface area (TPSA) is 137 Å². The van der Waals surface area contributed by atoms with Crippen LogP contribution >= 0.6 is 11.6 Å². The molecule has 3 N–H and O–H groups in total. The third kappa shape index (κ3) is 5.52. The molecule has 208 valence electrons. The molecule has 2 unspecified atom stereocenters. The average Bonchev–Trinajstić information content (AvgIpc) is 3.20. The van der Waals surface area contributed by atoms with Crippen molar-refractivity contribution in [1.29, 1.82) is 0 Å². The van der Waals surface area contributed by atoms with Crippen molar-refractivity contribution in [2.75, 3.05) is 12.4 Å². The molecule has 2 fully saturated rings. The SMILES string of the molecule is CC(NC(=O)N(CCCl)N=O)C(=O)NC(C)C(=O)Oc1ccc2c(c1)CC[C@@H]1[C@@H]2CC[C@]2(C)[C@@H](O)CC[C@@H]12. The standard InChI is InChI=1S/C27H37ClN4O6/c1-15(30-26(36)32(31-37)13-12-28)24(34)29-16(2)25(35)38-18-5-7-19-17(14-18)4-6-21-20(19)10-11-27(3)22(21)8-9-23(27)33/h5,7,14-16,20-23,33H,4,6,8-13H2,1-3H3,(H,29,34)(H,30,36)/t15?,16?,20-,21-,22+,23+,27+/m1/s1. The van der Waals surface area contributed by atoms with Crippen molar-refractivity contribution in [1.82, 2.24) is 15.6 Å². The fraction of sp³-hybridized carbons (Fsp3) is 0.667. The van der Waals surface area contributed by atoms with E-state index in [9.17, 15) is 24.4 Å². The number of rotatable bonds is 8. The summed E-state index contributed by atoms with van der Waals surface area (Å²) in [4.78, 5) is 47.9. The highest BCUT2D eigenvalue weighted by Gasteiger charge is 2.54. The first kappa shape index (κ1) is 28.3. The lowest BCUT2D eigenvalue weighted by Gasteiger charge is -2.50. The number of aryl methyl sites for hydroxylation is 1. The van der Waals surface area contributed by atoms with Crippen LogP contribution in [0, 0.1) is 22.2 Å². The number of aliphatic hydroxyl groups is 1. The molecule has 3 amide bonds.